The largest absolute Gasteiger partial charge is 0.369 e. The molecule has 1 fully saturated rings. The van der Waals surface area contributed by atoms with E-state index in [9.17, 15) is 14.7 Å². The fourth-order valence-corrected chi connectivity index (χ4v) is 2.13. The predicted molar refractivity (Wildman–Crippen MR) is 69.6 cm³/mol. The van der Waals surface area contributed by atoms with E-state index in [0.29, 0.717) is 16.5 Å². The van der Waals surface area contributed by atoms with Crippen LogP contribution in [0.2, 0.25) is 10.0 Å². The standard InChI is InChI=1S/C11H11Cl2N3O3/c12-7-2-1-6(8(13)5-7)3-4-16-11(19)14-9(17)10(18)15-16/h1-2,5,10,15,18H,3-4H2,(H,14,17,19). The molecule has 1 aliphatic heterocycles. The van der Waals surface area contributed by atoms with E-state index in [4.69, 9.17) is 23.2 Å². The second-order valence-electron chi connectivity index (χ2n) is 3.96. The number of hydrogen-bond acceptors (Lipinski definition) is 4. The van der Waals surface area contributed by atoms with E-state index < -0.39 is 18.2 Å². The number of nitrogens with one attached hydrogen (secondary N) is 2. The topological polar surface area (TPSA) is 81.7 Å². The van der Waals surface area contributed by atoms with Gasteiger partial charge in [0.05, 0.1) is 0 Å². The van der Waals surface area contributed by atoms with Crippen LogP contribution in [0.3, 0.4) is 0 Å². The van der Waals surface area contributed by atoms with Crippen LogP contribution in [0.15, 0.2) is 18.2 Å². The number of hydrogen-bond donors (Lipinski definition) is 3. The Morgan fingerprint density at radius 2 is 2.05 bits per heavy atom. The lowest BCUT2D eigenvalue weighted by atomic mass is 10.1. The van der Waals surface area contributed by atoms with Crippen molar-refractivity contribution in [3.05, 3.63) is 33.8 Å². The maximum atomic E-state index is 11.5. The first kappa shape index (κ1) is 14.1. The van der Waals surface area contributed by atoms with Crippen LogP contribution in [0.4, 0.5) is 4.79 Å². The normalized spacial score (nSPS) is 19.5. The number of aliphatic hydroxyl groups is 1. The number of aliphatic hydroxyl groups excluding tert-OH is 1. The molecule has 2 rings (SSSR count). The molecule has 1 aromatic carbocycles. The molecule has 0 aliphatic carbocycles. The molecular formula is C11H11Cl2N3O3. The van der Waals surface area contributed by atoms with E-state index in [1.807, 2.05) is 5.32 Å². The van der Waals surface area contributed by atoms with Crippen LogP contribution in [0.1, 0.15) is 5.56 Å². The summed E-state index contributed by atoms with van der Waals surface area (Å²) in [5.41, 5.74) is 3.19. The molecular weight excluding hydrogens is 293 g/mol. The van der Waals surface area contributed by atoms with Gasteiger partial charge in [-0.05, 0) is 24.1 Å². The predicted octanol–water partition coefficient (Wildman–Crippen LogP) is 0.911. The summed E-state index contributed by atoms with van der Waals surface area (Å²) < 4.78 is 0. The third-order valence-corrected chi connectivity index (χ3v) is 3.21. The summed E-state index contributed by atoms with van der Waals surface area (Å²) in [5, 5.41) is 13.5. The molecule has 0 saturated carbocycles. The summed E-state index contributed by atoms with van der Waals surface area (Å²) in [6.07, 6.45) is -0.976. The number of nitrogens with zero attached hydrogens (tertiary/aromatic N) is 1. The number of benzene rings is 1. The van der Waals surface area contributed by atoms with Crippen molar-refractivity contribution in [2.45, 2.75) is 12.6 Å². The molecule has 0 radical (unpaired) electrons. The Balaban J connectivity index is 1.98. The summed E-state index contributed by atoms with van der Waals surface area (Å²) in [6.45, 7) is 0.248. The molecule has 0 aromatic heterocycles. The zero-order chi connectivity index (χ0) is 14.0. The lowest BCUT2D eigenvalue weighted by Gasteiger charge is -2.30. The van der Waals surface area contributed by atoms with Gasteiger partial charge in [-0.2, -0.15) is 5.43 Å². The van der Waals surface area contributed by atoms with Gasteiger partial charge in [0.25, 0.3) is 5.91 Å². The third kappa shape index (κ3) is 3.36. The Hall–Kier alpha value is -1.34. The molecule has 1 aliphatic rings. The van der Waals surface area contributed by atoms with Crippen LogP contribution in [-0.4, -0.2) is 34.8 Å². The minimum Gasteiger partial charge on any atom is -0.369 e. The summed E-state index contributed by atoms with van der Waals surface area (Å²) >= 11 is 11.8. The zero-order valence-electron chi connectivity index (χ0n) is 9.69. The van der Waals surface area contributed by atoms with Crippen LogP contribution < -0.4 is 10.7 Å². The van der Waals surface area contributed by atoms with Gasteiger partial charge in [-0.15, -0.1) is 0 Å². The first-order chi connectivity index (χ1) is 8.97. The fraction of sp³-hybridized carbons (Fsp3) is 0.273. The monoisotopic (exact) mass is 303 g/mol. The molecule has 0 spiro atoms. The van der Waals surface area contributed by atoms with Gasteiger partial charge < -0.3 is 5.11 Å². The second-order valence-corrected chi connectivity index (χ2v) is 4.81. The lowest BCUT2D eigenvalue weighted by Crippen LogP contribution is -2.64. The lowest BCUT2D eigenvalue weighted by molar-refractivity contribution is -0.135. The third-order valence-electron chi connectivity index (χ3n) is 2.62. The number of urea groups is 1. The van der Waals surface area contributed by atoms with Gasteiger partial charge in [0.15, 0.2) is 0 Å². The van der Waals surface area contributed by atoms with Crippen LogP contribution in [-0.2, 0) is 11.2 Å². The Morgan fingerprint density at radius 3 is 2.74 bits per heavy atom. The molecule has 0 bridgehead atoms. The van der Waals surface area contributed by atoms with Gasteiger partial charge in [0.1, 0.15) is 0 Å². The van der Waals surface area contributed by atoms with E-state index in [2.05, 4.69) is 5.43 Å². The van der Waals surface area contributed by atoms with E-state index >= 15 is 0 Å². The summed E-state index contributed by atoms with van der Waals surface area (Å²) in [4.78, 5) is 22.5. The van der Waals surface area contributed by atoms with Gasteiger partial charge in [-0.1, -0.05) is 29.3 Å². The Labute approximate surface area is 119 Å². The highest BCUT2D eigenvalue weighted by molar-refractivity contribution is 6.35. The van der Waals surface area contributed by atoms with Gasteiger partial charge in [-0.3, -0.25) is 15.1 Å². The van der Waals surface area contributed by atoms with Crippen LogP contribution in [0, 0.1) is 0 Å². The van der Waals surface area contributed by atoms with Crippen molar-refractivity contribution in [1.82, 2.24) is 15.8 Å². The molecule has 1 unspecified atom stereocenters. The van der Waals surface area contributed by atoms with Crippen molar-refractivity contribution in [3.63, 3.8) is 0 Å². The molecule has 3 N–H and O–H groups in total. The smallest absolute Gasteiger partial charge is 0.338 e. The molecule has 1 atom stereocenters. The van der Waals surface area contributed by atoms with Crippen LogP contribution >= 0.6 is 23.2 Å². The summed E-state index contributed by atoms with van der Waals surface area (Å²) in [7, 11) is 0. The molecule has 8 heteroatoms. The van der Waals surface area contributed by atoms with Gasteiger partial charge in [0, 0.05) is 16.6 Å². The number of halogens is 2. The number of amides is 3. The maximum Gasteiger partial charge on any atom is 0.338 e. The van der Waals surface area contributed by atoms with Crippen molar-refractivity contribution in [3.8, 4) is 0 Å². The van der Waals surface area contributed by atoms with Crippen molar-refractivity contribution in [2.75, 3.05) is 6.54 Å². The minimum atomic E-state index is -1.43. The van der Waals surface area contributed by atoms with Gasteiger partial charge >= 0.3 is 6.03 Å². The van der Waals surface area contributed by atoms with Crippen molar-refractivity contribution >= 4 is 35.1 Å². The quantitative estimate of drug-likeness (QED) is 0.775. The van der Waals surface area contributed by atoms with Gasteiger partial charge in [-0.25, -0.2) is 4.79 Å². The number of carbonyl (C=O) groups is 2. The fourth-order valence-electron chi connectivity index (χ4n) is 1.63. The second kappa shape index (κ2) is 5.75. The number of imide groups is 1. The molecule has 1 saturated heterocycles. The van der Waals surface area contributed by atoms with E-state index in [1.165, 1.54) is 0 Å². The number of rotatable bonds is 3. The molecule has 3 amide bonds. The average Bonchev–Trinajstić information content (AvgIpc) is 2.34. The number of carbonyl (C=O) groups excluding carboxylic acids is 2. The summed E-state index contributed by atoms with van der Waals surface area (Å²) in [6, 6.07) is 4.46. The minimum absolute atomic E-state index is 0.248. The molecule has 1 aromatic rings. The van der Waals surface area contributed by atoms with E-state index in [1.54, 1.807) is 18.2 Å². The average molecular weight is 304 g/mol. The van der Waals surface area contributed by atoms with Crippen LogP contribution in [0.5, 0.6) is 0 Å². The first-order valence-corrected chi connectivity index (χ1v) is 6.23. The number of hydrazine groups is 1. The highest BCUT2D eigenvalue weighted by Gasteiger charge is 2.29. The SMILES string of the molecule is O=C1NC(=O)N(CCc2ccc(Cl)cc2Cl)NC1O. The molecule has 1 heterocycles. The van der Waals surface area contributed by atoms with E-state index in [0.717, 1.165) is 10.6 Å². The Bertz CT molecular complexity index is 524. The first-order valence-electron chi connectivity index (χ1n) is 5.48. The van der Waals surface area contributed by atoms with Crippen molar-refractivity contribution in [1.29, 1.82) is 0 Å². The molecule has 6 nitrogen and oxygen atoms in total. The van der Waals surface area contributed by atoms with Crippen molar-refractivity contribution in [2.24, 2.45) is 0 Å². The Morgan fingerprint density at radius 1 is 1.32 bits per heavy atom. The zero-order valence-corrected chi connectivity index (χ0v) is 11.2. The maximum absolute atomic E-state index is 11.5. The van der Waals surface area contributed by atoms with E-state index in [-0.39, 0.29) is 6.54 Å². The van der Waals surface area contributed by atoms with Gasteiger partial charge in [0.2, 0.25) is 6.23 Å². The highest BCUT2D eigenvalue weighted by Crippen LogP contribution is 2.21. The Kier molecular flexibility index (Phi) is 4.26. The summed E-state index contributed by atoms with van der Waals surface area (Å²) in [5.74, 6) is -0.772. The molecule has 102 valence electrons. The van der Waals surface area contributed by atoms with Crippen molar-refractivity contribution < 1.29 is 14.7 Å². The molecule has 19 heavy (non-hydrogen) atoms. The van der Waals surface area contributed by atoms with Crippen LogP contribution in [0.25, 0.3) is 0 Å². The highest BCUT2D eigenvalue weighted by atomic mass is 35.5.